The first-order valence-corrected chi connectivity index (χ1v) is 6.26. The van der Waals surface area contributed by atoms with Crippen molar-refractivity contribution < 1.29 is 9.53 Å². The second-order valence-corrected chi connectivity index (χ2v) is 4.54. The lowest BCUT2D eigenvalue weighted by molar-refractivity contribution is -0.126. The third kappa shape index (κ3) is 3.46. The van der Waals surface area contributed by atoms with Crippen LogP contribution in [0, 0.1) is 5.92 Å². The largest absolute Gasteiger partial charge is 0.379 e. The minimum Gasteiger partial charge on any atom is -0.379 e. The van der Waals surface area contributed by atoms with Gasteiger partial charge in [-0.2, -0.15) is 0 Å². The van der Waals surface area contributed by atoms with E-state index in [0.29, 0.717) is 6.54 Å². The molecule has 0 aliphatic heterocycles. The average molecular weight is 228 g/mol. The zero-order chi connectivity index (χ0) is 12.0. The van der Waals surface area contributed by atoms with Gasteiger partial charge >= 0.3 is 0 Å². The second kappa shape index (κ2) is 6.86. The first kappa shape index (κ1) is 13.5. The molecule has 0 heterocycles. The van der Waals surface area contributed by atoms with Gasteiger partial charge in [0.2, 0.25) is 5.91 Å². The molecule has 0 spiro atoms. The number of carbonyl (C=O) groups excluding carboxylic acids is 1. The van der Waals surface area contributed by atoms with Crippen molar-refractivity contribution in [3.05, 3.63) is 0 Å². The summed E-state index contributed by atoms with van der Waals surface area (Å²) >= 11 is 0. The van der Waals surface area contributed by atoms with E-state index in [1.54, 1.807) is 7.11 Å². The van der Waals surface area contributed by atoms with Crippen LogP contribution >= 0.6 is 0 Å². The lowest BCUT2D eigenvalue weighted by Crippen LogP contribution is -2.45. The van der Waals surface area contributed by atoms with E-state index >= 15 is 0 Å². The van der Waals surface area contributed by atoms with Crippen molar-refractivity contribution in [1.29, 1.82) is 0 Å². The van der Waals surface area contributed by atoms with Gasteiger partial charge in [0.25, 0.3) is 0 Å². The van der Waals surface area contributed by atoms with Gasteiger partial charge in [-0.3, -0.25) is 4.79 Å². The van der Waals surface area contributed by atoms with Crippen molar-refractivity contribution in [1.82, 2.24) is 5.32 Å². The van der Waals surface area contributed by atoms with Gasteiger partial charge in [0.1, 0.15) is 0 Å². The number of amides is 1. The molecular weight excluding hydrogens is 204 g/mol. The molecule has 4 heteroatoms. The van der Waals surface area contributed by atoms with Gasteiger partial charge in [0.05, 0.1) is 18.1 Å². The molecule has 0 bridgehead atoms. The van der Waals surface area contributed by atoms with Crippen molar-refractivity contribution >= 4 is 5.91 Å². The van der Waals surface area contributed by atoms with Crippen LogP contribution in [0.5, 0.6) is 0 Å². The molecule has 0 aromatic heterocycles. The van der Waals surface area contributed by atoms with E-state index < -0.39 is 0 Å². The van der Waals surface area contributed by atoms with Crippen molar-refractivity contribution in [3.63, 3.8) is 0 Å². The molecular formula is C12H24N2O2. The van der Waals surface area contributed by atoms with E-state index in [4.69, 9.17) is 10.5 Å². The third-order valence-electron chi connectivity index (χ3n) is 3.38. The van der Waals surface area contributed by atoms with Crippen molar-refractivity contribution in [2.75, 3.05) is 13.7 Å². The Bertz CT molecular complexity index is 221. The van der Waals surface area contributed by atoms with Gasteiger partial charge in [0, 0.05) is 13.7 Å². The van der Waals surface area contributed by atoms with Crippen molar-refractivity contribution in [2.24, 2.45) is 11.7 Å². The average Bonchev–Trinajstić information content (AvgIpc) is 2.72. The van der Waals surface area contributed by atoms with Crippen LogP contribution in [0.1, 0.15) is 39.0 Å². The fraction of sp³-hybridized carbons (Fsp3) is 0.917. The summed E-state index contributed by atoms with van der Waals surface area (Å²) in [6, 6.07) is 0.184. The van der Waals surface area contributed by atoms with Crippen LogP contribution in [-0.4, -0.2) is 31.7 Å². The van der Waals surface area contributed by atoms with Gasteiger partial charge in [0.15, 0.2) is 0 Å². The number of hydrogen-bond acceptors (Lipinski definition) is 3. The molecule has 3 atom stereocenters. The predicted molar refractivity (Wildman–Crippen MR) is 64.0 cm³/mol. The Kier molecular flexibility index (Phi) is 5.77. The number of ether oxygens (including phenoxy) is 1. The summed E-state index contributed by atoms with van der Waals surface area (Å²) in [7, 11) is 1.71. The van der Waals surface area contributed by atoms with E-state index in [1.165, 1.54) is 0 Å². The van der Waals surface area contributed by atoms with Crippen LogP contribution in [0.15, 0.2) is 0 Å². The van der Waals surface area contributed by atoms with Gasteiger partial charge in [-0.25, -0.2) is 0 Å². The SMILES string of the molecule is CCCC(CN)C(=O)NC1CCCC1OC. The Labute approximate surface area is 97.9 Å². The second-order valence-electron chi connectivity index (χ2n) is 4.54. The maximum Gasteiger partial charge on any atom is 0.224 e. The van der Waals surface area contributed by atoms with Gasteiger partial charge in [-0.15, -0.1) is 0 Å². The molecule has 1 saturated carbocycles. The molecule has 0 saturated heterocycles. The van der Waals surface area contributed by atoms with Crippen LogP contribution in [0.25, 0.3) is 0 Å². The molecule has 94 valence electrons. The Balaban J connectivity index is 2.42. The Morgan fingerprint density at radius 2 is 2.31 bits per heavy atom. The summed E-state index contributed by atoms with van der Waals surface area (Å²) in [5, 5.41) is 3.07. The lowest BCUT2D eigenvalue weighted by Gasteiger charge is -2.22. The quantitative estimate of drug-likeness (QED) is 0.714. The molecule has 0 aromatic rings. The fourth-order valence-electron chi connectivity index (χ4n) is 2.38. The Hall–Kier alpha value is -0.610. The van der Waals surface area contributed by atoms with Crippen LogP contribution in [-0.2, 0) is 9.53 Å². The maximum absolute atomic E-state index is 11.9. The van der Waals surface area contributed by atoms with E-state index in [2.05, 4.69) is 12.2 Å². The first-order chi connectivity index (χ1) is 7.72. The van der Waals surface area contributed by atoms with Crippen LogP contribution in [0.3, 0.4) is 0 Å². The summed E-state index contributed by atoms with van der Waals surface area (Å²) in [6.45, 7) is 2.51. The highest BCUT2D eigenvalue weighted by molar-refractivity contribution is 5.79. The molecule has 1 amide bonds. The van der Waals surface area contributed by atoms with E-state index in [1.807, 2.05) is 0 Å². The Morgan fingerprint density at radius 1 is 1.56 bits per heavy atom. The van der Waals surface area contributed by atoms with Crippen molar-refractivity contribution in [2.45, 2.75) is 51.2 Å². The summed E-state index contributed by atoms with van der Waals surface area (Å²) in [6.07, 6.45) is 5.24. The number of carbonyl (C=O) groups is 1. The van der Waals surface area contributed by atoms with Crippen LogP contribution < -0.4 is 11.1 Å². The smallest absolute Gasteiger partial charge is 0.224 e. The van der Waals surface area contributed by atoms with Gasteiger partial charge in [-0.05, 0) is 25.7 Å². The highest BCUT2D eigenvalue weighted by atomic mass is 16.5. The molecule has 0 aromatic carbocycles. The molecule has 1 fully saturated rings. The molecule has 16 heavy (non-hydrogen) atoms. The molecule has 3 unspecified atom stereocenters. The summed E-state index contributed by atoms with van der Waals surface area (Å²) < 4.78 is 5.35. The van der Waals surface area contributed by atoms with Crippen LogP contribution in [0.2, 0.25) is 0 Å². The number of methoxy groups -OCH3 is 1. The van der Waals surface area contributed by atoms with E-state index in [9.17, 15) is 4.79 Å². The summed E-state index contributed by atoms with van der Waals surface area (Å²) in [4.78, 5) is 11.9. The molecule has 1 aliphatic rings. The highest BCUT2D eigenvalue weighted by Crippen LogP contribution is 2.22. The normalized spacial score (nSPS) is 26.7. The number of rotatable bonds is 6. The van der Waals surface area contributed by atoms with Gasteiger partial charge in [-0.1, -0.05) is 13.3 Å². The number of nitrogens with two attached hydrogens (primary N) is 1. The molecule has 3 N–H and O–H groups in total. The predicted octanol–water partition coefficient (Wildman–Crippen LogP) is 1.05. The monoisotopic (exact) mass is 228 g/mol. The molecule has 4 nitrogen and oxygen atoms in total. The summed E-state index contributed by atoms with van der Waals surface area (Å²) in [5.41, 5.74) is 5.61. The third-order valence-corrected chi connectivity index (χ3v) is 3.38. The maximum atomic E-state index is 11.9. The number of nitrogens with one attached hydrogen (secondary N) is 1. The highest BCUT2D eigenvalue weighted by Gasteiger charge is 2.29. The van der Waals surface area contributed by atoms with Crippen molar-refractivity contribution in [3.8, 4) is 0 Å². The molecule has 1 aliphatic carbocycles. The lowest BCUT2D eigenvalue weighted by atomic mass is 10.0. The standard InChI is InChI=1S/C12H24N2O2/c1-3-5-9(8-13)12(15)14-10-6-4-7-11(10)16-2/h9-11H,3-8,13H2,1-2H3,(H,14,15). The minimum atomic E-state index is -0.0388. The number of hydrogen-bond donors (Lipinski definition) is 2. The van der Waals surface area contributed by atoms with E-state index in [-0.39, 0.29) is 24.0 Å². The molecule has 1 rings (SSSR count). The Morgan fingerprint density at radius 3 is 2.88 bits per heavy atom. The topological polar surface area (TPSA) is 64.4 Å². The zero-order valence-corrected chi connectivity index (χ0v) is 10.4. The zero-order valence-electron chi connectivity index (χ0n) is 10.4. The first-order valence-electron chi connectivity index (χ1n) is 6.26. The minimum absolute atomic E-state index is 0.0388. The van der Waals surface area contributed by atoms with Crippen LogP contribution in [0.4, 0.5) is 0 Å². The fourth-order valence-corrected chi connectivity index (χ4v) is 2.38. The molecule has 0 radical (unpaired) electrons. The van der Waals surface area contributed by atoms with E-state index in [0.717, 1.165) is 32.1 Å². The summed E-state index contributed by atoms with van der Waals surface area (Å²) in [5.74, 6) is 0.0569. The van der Waals surface area contributed by atoms with Gasteiger partial charge < -0.3 is 15.8 Å².